The van der Waals surface area contributed by atoms with Crippen LogP contribution >= 0.6 is 23.2 Å². The molecule has 2 aromatic carbocycles. The SMILES string of the molecule is CCCCNC(=O)C(C)N(Cc1ccc(Cl)cc1Cl)C(=O)COc1cccc(C)c1. The first-order valence-corrected chi connectivity index (χ1v) is 10.8. The van der Waals surface area contributed by atoms with E-state index in [1.54, 1.807) is 31.2 Å². The monoisotopic (exact) mass is 450 g/mol. The van der Waals surface area contributed by atoms with Crippen molar-refractivity contribution < 1.29 is 14.3 Å². The lowest BCUT2D eigenvalue weighted by molar-refractivity contribution is -0.142. The largest absolute Gasteiger partial charge is 0.484 e. The molecule has 7 heteroatoms. The third-order valence-corrected chi connectivity index (χ3v) is 5.29. The maximum Gasteiger partial charge on any atom is 0.261 e. The van der Waals surface area contributed by atoms with Crippen molar-refractivity contribution >= 4 is 35.0 Å². The summed E-state index contributed by atoms with van der Waals surface area (Å²) in [4.78, 5) is 27.1. The molecule has 30 heavy (non-hydrogen) atoms. The van der Waals surface area contributed by atoms with Gasteiger partial charge in [-0.3, -0.25) is 9.59 Å². The number of rotatable bonds is 10. The minimum absolute atomic E-state index is 0.175. The number of hydrogen-bond acceptors (Lipinski definition) is 3. The highest BCUT2D eigenvalue weighted by atomic mass is 35.5. The van der Waals surface area contributed by atoms with E-state index in [4.69, 9.17) is 27.9 Å². The van der Waals surface area contributed by atoms with E-state index in [-0.39, 0.29) is 25.0 Å². The topological polar surface area (TPSA) is 58.6 Å². The molecule has 1 atom stereocenters. The second-order valence-electron chi connectivity index (χ2n) is 7.18. The summed E-state index contributed by atoms with van der Waals surface area (Å²) in [5.41, 5.74) is 1.74. The zero-order chi connectivity index (χ0) is 22.1. The van der Waals surface area contributed by atoms with Crippen LogP contribution in [0.15, 0.2) is 42.5 Å². The molecule has 162 valence electrons. The van der Waals surface area contributed by atoms with Gasteiger partial charge in [0.25, 0.3) is 5.91 Å². The Bertz CT molecular complexity index is 873. The van der Waals surface area contributed by atoms with Gasteiger partial charge in [-0.05, 0) is 55.7 Å². The van der Waals surface area contributed by atoms with Gasteiger partial charge in [0.05, 0.1) is 0 Å². The first-order valence-electron chi connectivity index (χ1n) is 10.0. The molecule has 0 heterocycles. The Hall–Kier alpha value is -2.24. The lowest BCUT2D eigenvalue weighted by Crippen LogP contribution is -2.49. The molecule has 1 unspecified atom stereocenters. The average Bonchev–Trinajstić information content (AvgIpc) is 2.71. The fourth-order valence-corrected chi connectivity index (χ4v) is 3.35. The highest BCUT2D eigenvalue weighted by Crippen LogP contribution is 2.23. The van der Waals surface area contributed by atoms with Crippen molar-refractivity contribution in [1.29, 1.82) is 0 Å². The number of carbonyl (C=O) groups excluding carboxylic acids is 2. The van der Waals surface area contributed by atoms with E-state index in [2.05, 4.69) is 12.2 Å². The molecule has 0 saturated heterocycles. The molecule has 1 N–H and O–H groups in total. The molecular weight excluding hydrogens is 423 g/mol. The molecule has 0 aliphatic heterocycles. The van der Waals surface area contributed by atoms with E-state index >= 15 is 0 Å². The molecule has 0 aromatic heterocycles. The Morgan fingerprint density at radius 1 is 1.17 bits per heavy atom. The van der Waals surface area contributed by atoms with Crippen molar-refractivity contribution in [2.75, 3.05) is 13.2 Å². The van der Waals surface area contributed by atoms with E-state index in [0.29, 0.717) is 27.9 Å². The lowest BCUT2D eigenvalue weighted by Gasteiger charge is -2.29. The highest BCUT2D eigenvalue weighted by Gasteiger charge is 2.27. The molecule has 0 aliphatic rings. The van der Waals surface area contributed by atoms with Gasteiger partial charge >= 0.3 is 0 Å². The van der Waals surface area contributed by atoms with Crippen LogP contribution < -0.4 is 10.1 Å². The maximum atomic E-state index is 13.0. The zero-order valence-electron chi connectivity index (χ0n) is 17.6. The fraction of sp³-hybridized carbons (Fsp3) is 0.391. The Morgan fingerprint density at radius 2 is 1.93 bits per heavy atom. The molecule has 2 aromatic rings. The van der Waals surface area contributed by atoms with Crippen molar-refractivity contribution in [2.45, 2.75) is 46.2 Å². The predicted octanol–water partition coefficient (Wildman–Crippen LogP) is 5.01. The summed E-state index contributed by atoms with van der Waals surface area (Å²) in [6, 6.07) is 11.9. The molecule has 5 nitrogen and oxygen atoms in total. The van der Waals surface area contributed by atoms with Gasteiger partial charge in [-0.25, -0.2) is 0 Å². The van der Waals surface area contributed by atoms with Crippen molar-refractivity contribution in [3.8, 4) is 5.75 Å². The van der Waals surface area contributed by atoms with Crippen LogP contribution in [0.5, 0.6) is 5.75 Å². The van der Waals surface area contributed by atoms with E-state index in [9.17, 15) is 9.59 Å². The van der Waals surface area contributed by atoms with Crippen molar-refractivity contribution in [3.63, 3.8) is 0 Å². The summed E-state index contributed by atoms with van der Waals surface area (Å²) in [5.74, 6) is 0.0889. The quantitative estimate of drug-likeness (QED) is 0.517. The highest BCUT2D eigenvalue weighted by molar-refractivity contribution is 6.35. The molecule has 2 rings (SSSR count). The standard InChI is InChI=1S/C23H28Cl2N2O3/c1-4-5-11-26-23(29)17(3)27(14-18-9-10-19(24)13-21(18)25)22(28)15-30-20-8-6-7-16(2)12-20/h6-10,12-13,17H,4-5,11,14-15H2,1-3H3,(H,26,29). The predicted molar refractivity (Wildman–Crippen MR) is 121 cm³/mol. The maximum absolute atomic E-state index is 13.0. The number of ether oxygens (including phenoxy) is 1. The van der Waals surface area contributed by atoms with E-state index in [0.717, 1.165) is 18.4 Å². The molecule has 0 bridgehead atoms. The van der Waals surface area contributed by atoms with Gasteiger partial charge in [0, 0.05) is 23.1 Å². The number of aryl methyl sites for hydroxylation is 1. The summed E-state index contributed by atoms with van der Waals surface area (Å²) >= 11 is 12.3. The van der Waals surface area contributed by atoms with Crippen LogP contribution in [0.1, 0.15) is 37.8 Å². The van der Waals surface area contributed by atoms with E-state index in [1.807, 2.05) is 25.1 Å². The van der Waals surface area contributed by atoms with Crippen LogP contribution in [-0.4, -0.2) is 35.9 Å². The number of unbranched alkanes of at least 4 members (excludes halogenated alkanes) is 1. The molecule has 0 radical (unpaired) electrons. The summed E-state index contributed by atoms with van der Waals surface area (Å²) in [5, 5.41) is 3.83. The van der Waals surface area contributed by atoms with Gasteiger partial charge in [-0.2, -0.15) is 0 Å². The van der Waals surface area contributed by atoms with Crippen LogP contribution in [0, 0.1) is 6.92 Å². The van der Waals surface area contributed by atoms with Crippen molar-refractivity contribution in [1.82, 2.24) is 10.2 Å². The number of nitrogens with one attached hydrogen (secondary N) is 1. The summed E-state index contributed by atoms with van der Waals surface area (Å²) < 4.78 is 5.67. The minimum Gasteiger partial charge on any atom is -0.484 e. The van der Waals surface area contributed by atoms with Crippen LogP contribution in [0.25, 0.3) is 0 Å². The zero-order valence-corrected chi connectivity index (χ0v) is 19.1. The van der Waals surface area contributed by atoms with Gasteiger partial charge in [-0.15, -0.1) is 0 Å². The van der Waals surface area contributed by atoms with Gasteiger partial charge in [0.15, 0.2) is 6.61 Å². The normalized spacial score (nSPS) is 11.6. The number of carbonyl (C=O) groups is 2. The van der Waals surface area contributed by atoms with Gasteiger partial charge < -0.3 is 15.0 Å². The van der Waals surface area contributed by atoms with Crippen molar-refractivity contribution in [3.05, 3.63) is 63.6 Å². The van der Waals surface area contributed by atoms with Crippen LogP contribution in [0.4, 0.5) is 0 Å². The summed E-state index contributed by atoms with van der Waals surface area (Å²) in [6.45, 7) is 6.28. The molecule has 2 amide bonds. The molecule has 0 saturated carbocycles. The summed E-state index contributed by atoms with van der Waals surface area (Å²) in [6.07, 6.45) is 1.86. The van der Waals surface area contributed by atoms with Gasteiger partial charge in [-0.1, -0.05) is 54.7 Å². The summed E-state index contributed by atoms with van der Waals surface area (Å²) in [7, 11) is 0. The van der Waals surface area contributed by atoms with Crippen LogP contribution in [0.3, 0.4) is 0 Å². The lowest BCUT2D eigenvalue weighted by atomic mass is 10.1. The van der Waals surface area contributed by atoms with E-state index in [1.165, 1.54) is 4.90 Å². The molecule has 0 aliphatic carbocycles. The Morgan fingerprint density at radius 3 is 2.60 bits per heavy atom. The first kappa shape index (κ1) is 24.0. The minimum atomic E-state index is -0.679. The number of nitrogens with zero attached hydrogens (tertiary/aromatic N) is 1. The van der Waals surface area contributed by atoms with Crippen molar-refractivity contribution in [2.24, 2.45) is 0 Å². The smallest absolute Gasteiger partial charge is 0.261 e. The van der Waals surface area contributed by atoms with Crippen LogP contribution in [-0.2, 0) is 16.1 Å². The number of amides is 2. The second-order valence-corrected chi connectivity index (χ2v) is 8.03. The second kappa shape index (κ2) is 11.8. The number of halogens is 2. The Labute approximate surface area is 188 Å². The fourth-order valence-electron chi connectivity index (χ4n) is 2.89. The van der Waals surface area contributed by atoms with Gasteiger partial charge in [0.1, 0.15) is 11.8 Å². The average molecular weight is 451 g/mol. The van der Waals surface area contributed by atoms with Gasteiger partial charge in [0.2, 0.25) is 5.91 Å². The molecule has 0 fully saturated rings. The molecule has 0 spiro atoms. The third kappa shape index (κ3) is 7.22. The van der Waals surface area contributed by atoms with Crippen LogP contribution in [0.2, 0.25) is 10.0 Å². The third-order valence-electron chi connectivity index (χ3n) is 4.70. The number of hydrogen-bond donors (Lipinski definition) is 1. The first-order chi connectivity index (χ1) is 14.3. The van der Waals surface area contributed by atoms with E-state index < -0.39 is 6.04 Å². The Balaban J connectivity index is 2.15. The Kier molecular flexibility index (Phi) is 9.47. The number of benzene rings is 2. The molecular formula is C23H28Cl2N2O3.